The Labute approximate surface area is 116 Å². The normalized spacial score (nSPS) is 11.2. The number of rotatable bonds is 3. The lowest BCUT2D eigenvalue weighted by Crippen LogP contribution is -2.44. The minimum absolute atomic E-state index is 0.328. The molecule has 0 aromatic heterocycles. The third-order valence-electron chi connectivity index (χ3n) is 2.55. The zero-order valence-corrected chi connectivity index (χ0v) is 12.6. The minimum atomic E-state index is -0.929. The molecule has 0 aliphatic rings. The Morgan fingerprint density at radius 1 is 1.39 bits per heavy atom. The molecule has 1 N–H and O–H groups in total. The molecule has 0 aliphatic carbocycles. The second-order valence-electron chi connectivity index (χ2n) is 5.04. The summed E-state index contributed by atoms with van der Waals surface area (Å²) in [4.78, 5) is 12.7. The first kappa shape index (κ1) is 14.8. The topological polar surface area (TPSA) is 49.8 Å². The summed E-state index contributed by atoms with van der Waals surface area (Å²) in [7, 11) is 1.59. The van der Waals surface area contributed by atoms with Crippen LogP contribution < -0.4 is 4.74 Å². The van der Waals surface area contributed by atoms with Gasteiger partial charge in [-0.05, 0) is 44.5 Å². The van der Waals surface area contributed by atoms with Crippen LogP contribution in [0.5, 0.6) is 5.75 Å². The maximum atomic E-state index is 11.3. The Balaban J connectivity index is 3.01. The molecule has 0 unspecified atom stereocenters. The third-order valence-corrected chi connectivity index (χ3v) is 3.01. The summed E-state index contributed by atoms with van der Waals surface area (Å²) in [5, 5.41) is 9.25. The van der Waals surface area contributed by atoms with E-state index >= 15 is 0 Å². The van der Waals surface area contributed by atoms with Gasteiger partial charge in [0.05, 0.1) is 7.11 Å². The van der Waals surface area contributed by atoms with Crippen LogP contribution in [0.2, 0.25) is 0 Å². The van der Waals surface area contributed by atoms with Gasteiger partial charge in [0.1, 0.15) is 5.75 Å². The lowest BCUT2D eigenvalue weighted by atomic mass is 10.1. The number of carboxylic acid groups (broad SMARTS) is 1. The van der Waals surface area contributed by atoms with Crippen LogP contribution in [0.1, 0.15) is 26.3 Å². The van der Waals surface area contributed by atoms with Gasteiger partial charge in [0.25, 0.3) is 0 Å². The fourth-order valence-electron chi connectivity index (χ4n) is 1.60. The summed E-state index contributed by atoms with van der Waals surface area (Å²) in [5.41, 5.74) is 0.444. The molecular formula is C13H18BrNO3. The van der Waals surface area contributed by atoms with Crippen molar-refractivity contribution in [1.82, 2.24) is 4.90 Å². The zero-order valence-electron chi connectivity index (χ0n) is 11.0. The quantitative estimate of drug-likeness (QED) is 0.924. The summed E-state index contributed by atoms with van der Waals surface area (Å²) in [6, 6.07) is 5.57. The van der Waals surface area contributed by atoms with E-state index in [4.69, 9.17) is 4.74 Å². The number of ether oxygens (including phenoxy) is 1. The molecule has 5 heteroatoms. The van der Waals surface area contributed by atoms with Crippen molar-refractivity contribution in [2.24, 2.45) is 0 Å². The number of methoxy groups -OCH3 is 1. The van der Waals surface area contributed by atoms with Crippen LogP contribution in [0, 0.1) is 0 Å². The highest BCUT2D eigenvalue weighted by Crippen LogP contribution is 2.24. The predicted octanol–water partition coefficient (Wildman–Crippen LogP) is 3.74. The SMILES string of the molecule is COc1cc(Br)cc(CN(C(=O)O)C(C)(C)C)c1. The van der Waals surface area contributed by atoms with Crippen LogP contribution in [-0.2, 0) is 6.54 Å². The zero-order chi connectivity index (χ0) is 13.9. The fraction of sp³-hybridized carbons (Fsp3) is 0.462. The highest BCUT2D eigenvalue weighted by atomic mass is 79.9. The Bertz CT molecular complexity index is 440. The van der Waals surface area contributed by atoms with Crippen LogP contribution in [0.25, 0.3) is 0 Å². The van der Waals surface area contributed by atoms with Gasteiger partial charge in [0, 0.05) is 16.6 Å². The lowest BCUT2D eigenvalue weighted by Gasteiger charge is -2.33. The maximum Gasteiger partial charge on any atom is 0.408 e. The van der Waals surface area contributed by atoms with Crippen LogP contribution in [0.15, 0.2) is 22.7 Å². The molecule has 1 rings (SSSR count). The van der Waals surface area contributed by atoms with Crippen molar-refractivity contribution in [3.05, 3.63) is 28.2 Å². The standard InChI is InChI=1S/C13H18BrNO3/c1-13(2,3)15(12(16)17)8-9-5-10(14)7-11(6-9)18-4/h5-7H,8H2,1-4H3,(H,16,17). The molecule has 0 spiro atoms. The van der Waals surface area contributed by atoms with Gasteiger partial charge < -0.3 is 9.84 Å². The van der Waals surface area contributed by atoms with Crippen LogP contribution in [-0.4, -0.2) is 28.7 Å². The number of carbonyl (C=O) groups is 1. The summed E-state index contributed by atoms with van der Waals surface area (Å²) in [6.45, 7) is 5.94. The molecule has 18 heavy (non-hydrogen) atoms. The molecule has 0 saturated heterocycles. The number of hydrogen-bond acceptors (Lipinski definition) is 2. The molecule has 0 atom stereocenters. The molecule has 4 nitrogen and oxygen atoms in total. The smallest absolute Gasteiger partial charge is 0.408 e. The number of benzene rings is 1. The molecule has 100 valence electrons. The highest BCUT2D eigenvalue weighted by Gasteiger charge is 2.26. The van der Waals surface area contributed by atoms with E-state index in [-0.39, 0.29) is 0 Å². The number of nitrogens with zero attached hydrogens (tertiary/aromatic N) is 1. The van der Waals surface area contributed by atoms with Crippen LogP contribution in [0.3, 0.4) is 0 Å². The number of hydrogen-bond donors (Lipinski definition) is 1. The Morgan fingerprint density at radius 3 is 2.44 bits per heavy atom. The van der Waals surface area contributed by atoms with Gasteiger partial charge in [-0.2, -0.15) is 0 Å². The molecule has 1 aromatic carbocycles. The van der Waals surface area contributed by atoms with Gasteiger partial charge in [0.15, 0.2) is 0 Å². The first-order valence-electron chi connectivity index (χ1n) is 5.58. The number of amides is 1. The van der Waals surface area contributed by atoms with Gasteiger partial charge in [0.2, 0.25) is 0 Å². The van der Waals surface area contributed by atoms with Gasteiger partial charge in [-0.15, -0.1) is 0 Å². The van der Waals surface area contributed by atoms with Crippen molar-refractivity contribution in [1.29, 1.82) is 0 Å². The van der Waals surface area contributed by atoms with Crippen molar-refractivity contribution < 1.29 is 14.6 Å². The molecule has 0 radical (unpaired) electrons. The number of halogens is 1. The molecule has 1 aromatic rings. The first-order valence-corrected chi connectivity index (χ1v) is 6.37. The monoisotopic (exact) mass is 315 g/mol. The summed E-state index contributed by atoms with van der Waals surface area (Å²) in [6.07, 6.45) is -0.929. The summed E-state index contributed by atoms with van der Waals surface area (Å²) < 4.78 is 6.04. The van der Waals surface area contributed by atoms with E-state index in [0.29, 0.717) is 12.3 Å². The van der Waals surface area contributed by atoms with Gasteiger partial charge >= 0.3 is 6.09 Å². The van der Waals surface area contributed by atoms with Gasteiger partial charge in [-0.25, -0.2) is 4.79 Å². The summed E-state index contributed by atoms with van der Waals surface area (Å²) >= 11 is 3.39. The molecule has 1 amide bonds. The van der Waals surface area contributed by atoms with Gasteiger partial charge in [-0.3, -0.25) is 4.90 Å². The highest BCUT2D eigenvalue weighted by molar-refractivity contribution is 9.10. The van der Waals surface area contributed by atoms with E-state index < -0.39 is 11.6 Å². The van der Waals surface area contributed by atoms with E-state index in [1.165, 1.54) is 4.90 Å². The molecule has 0 bridgehead atoms. The fourth-order valence-corrected chi connectivity index (χ4v) is 2.12. The van der Waals surface area contributed by atoms with Crippen LogP contribution in [0.4, 0.5) is 4.79 Å². The lowest BCUT2D eigenvalue weighted by molar-refractivity contribution is 0.0955. The second-order valence-corrected chi connectivity index (χ2v) is 5.95. The van der Waals surface area contributed by atoms with Crippen molar-refractivity contribution in [2.45, 2.75) is 32.9 Å². The average Bonchev–Trinajstić information content (AvgIpc) is 2.23. The summed E-state index contributed by atoms with van der Waals surface area (Å²) in [5.74, 6) is 0.707. The van der Waals surface area contributed by atoms with E-state index in [9.17, 15) is 9.90 Å². The largest absolute Gasteiger partial charge is 0.497 e. The van der Waals surface area contributed by atoms with Gasteiger partial charge in [-0.1, -0.05) is 15.9 Å². The Kier molecular flexibility index (Phi) is 4.62. The van der Waals surface area contributed by atoms with Crippen molar-refractivity contribution >= 4 is 22.0 Å². The molecule has 0 heterocycles. The van der Waals surface area contributed by atoms with Crippen LogP contribution >= 0.6 is 15.9 Å². The Morgan fingerprint density at radius 2 is 2.00 bits per heavy atom. The van der Waals surface area contributed by atoms with E-state index in [0.717, 1.165) is 10.0 Å². The minimum Gasteiger partial charge on any atom is -0.497 e. The molecule has 0 fully saturated rings. The molecule has 0 saturated carbocycles. The van der Waals surface area contributed by atoms with Crippen molar-refractivity contribution in [2.75, 3.05) is 7.11 Å². The molecular weight excluding hydrogens is 298 g/mol. The molecule has 0 aliphatic heterocycles. The predicted molar refractivity (Wildman–Crippen MR) is 74.0 cm³/mol. The Hall–Kier alpha value is -1.23. The van der Waals surface area contributed by atoms with E-state index in [1.807, 2.05) is 39.0 Å². The average molecular weight is 316 g/mol. The van der Waals surface area contributed by atoms with Crippen molar-refractivity contribution in [3.63, 3.8) is 0 Å². The van der Waals surface area contributed by atoms with Crippen molar-refractivity contribution in [3.8, 4) is 5.75 Å². The third kappa shape index (κ3) is 3.91. The first-order chi connectivity index (χ1) is 8.24. The second kappa shape index (κ2) is 5.61. The maximum absolute atomic E-state index is 11.3. The van der Waals surface area contributed by atoms with E-state index in [2.05, 4.69) is 15.9 Å². The van der Waals surface area contributed by atoms with E-state index in [1.54, 1.807) is 7.11 Å².